The van der Waals surface area contributed by atoms with Crippen LogP contribution in [0.5, 0.6) is 0 Å². The molecule has 0 saturated carbocycles. The van der Waals surface area contributed by atoms with Crippen molar-refractivity contribution in [2.75, 3.05) is 0 Å². The molecule has 0 amide bonds. The minimum absolute atomic E-state index is 0.164. The van der Waals surface area contributed by atoms with E-state index in [4.69, 9.17) is 0 Å². The molecule has 3 rings (SSSR count). The van der Waals surface area contributed by atoms with Gasteiger partial charge in [-0.15, -0.1) is 0 Å². The zero-order valence-corrected chi connectivity index (χ0v) is 11.3. The molecule has 1 aliphatic heterocycles. The number of rotatable bonds is 1. The lowest BCUT2D eigenvalue weighted by Gasteiger charge is -2.33. The van der Waals surface area contributed by atoms with Crippen LogP contribution in [0.4, 0.5) is 0 Å². The van der Waals surface area contributed by atoms with E-state index in [9.17, 15) is 9.59 Å². The fourth-order valence-corrected chi connectivity index (χ4v) is 4.98. The summed E-state index contributed by atoms with van der Waals surface area (Å²) in [6.45, 7) is 0. The molecule has 18 heavy (non-hydrogen) atoms. The van der Waals surface area contributed by atoms with E-state index < -0.39 is 0 Å². The number of hydrogen-bond acceptors (Lipinski definition) is 4. The number of carbonyl (C=O) groups excluding carboxylic acids is 2. The molecule has 4 heteroatoms. The van der Waals surface area contributed by atoms with Gasteiger partial charge >= 0.3 is 0 Å². The van der Waals surface area contributed by atoms with Crippen LogP contribution in [0.25, 0.3) is 0 Å². The fraction of sp³-hybridized carbons (Fsp3) is 0.286. The van der Waals surface area contributed by atoms with E-state index in [2.05, 4.69) is 17.6 Å². The largest absolute Gasteiger partial charge is 0.295 e. The van der Waals surface area contributed by atoms with Gasteiger partial charge in [-0.2, -0.15) is 0 Å². The van der Waals surface area contributed by atoms with Crippen LogP contribution in [0.2, 0.25) is 0 Å². The minimum atomic E-state index is -0.181. The Morgan fingerprint density at radius 3 is 2.72 bits per heavy atom. The smallest absolute Gasteiger partial charge is 0.160 e. The molecule has 1 spiro atoms. The summed E-state index contributed by atoms with van der Waals surface area (Å²) in [5, 5.41) is 2.28. The SMILES string of the molecule is O=C1C=CC(=C[C@H]2SSC=C[C@]23C=CC(=O)C3)C1. The van der Waals surface area contributed by atoms with Gasteiger partial charge in [-0.1, -0.05) is 45.9 Å². The molecule has 0 aromatic heterocycles. The van der Waals surface area contributed by atoms with Crippen LogP contribution in [0, 0.1) is 5.41 Å². The first-order valence-electron chi connectivity index (χ1n) is 5.81. The van der Waals surface area contributed by atoms with Crippen molar-refractivity contribution in [3.05, 3.63) is 47.4 Å². The Morgan fingerprint density at radius 2 is 2.06 bits per heavy atom. The second-order valence-electron chi connectivity index (χ2n) is 4.72. The Kier molecular flexibility index (Phi) is 3.08. The van der Waals surface area contributed by atoms with Crippen molar-refractivity contribution in [3.63, 3.8) is 0 Å². The van der Waals surface area contributed by atoms with Crippen LogP contribution in [0.1, 0.15) is 12.8 Å². The van der Waals surface area contributed by atoms with Gasteiger partial charge in [-0.05, 0) is 23.1 Å². The first-order valence-corrected chi connectivity index (χ1v) is 8.09. The van der Waals surface area contributed by atoms with E-state index in [0.717, 1.165) is 5.57 Å². The Labute approximate surface area is 114 Å². The summed E-state index contributed by atoms with van der Waals surface area (Å²) in [6.07, 6.45) is 12.5. The van der Waals surface area contributed by atoms with Gasteiger partial charge in [0.1, 0.15) is 0 Å². The molecule has 2 aliphatic carbocycles. The fourth-order valence-electron chi connectivity index (χ4n) is 2.42. The molecule has 2 atom stereocenters. The standard InChI is InChI=1S/C14H12O2S2/c15-11-2-1-10(7-11)8-13-14(5-6-17-18-13)4-3-12(16)9-14/h1-6,8,13H,7,9H2/t13-,14+/m1/s1. The molecule has 0 N–H and O–H groups in total. The third-order valence-corrected chi connectivity index (χ3v) is 5.84. The maximum Gasteiger partial charge on any atom is 0.160 e. The molecular formula is C14H12O2S2. The molecule has 0 bridgehead atoms. The van der Waals surface area contributed by atoms with Crippen molar-refractivity contribution in [1.29, 1.82) is 0 Å². The van der Waals surface area contributed by atoms with Gasteiger partial charge in [-0.3, -0.25) is 9.59 Å². The van der Waals surface area contributed by atoms with Gasteiger partial charge in [-0.25, -0.2) is 0 Å². The van der Waals surface area contributed by atoms with Crippen LogP contribution in [0.15, 0.2) is 47.4 Å². The normalized spacial score (nSPS) is 36.4. The Hall–Kier alpha value is -1.00. The van der Waals surface area contributed by atoms with Crippen molar-refractivity contribution >= 4 is 33.2 Å². The number of carbonyl (C=O) groups is 2. The highest BCUT2D eigenvalue weighted by Gasteiger charge is 2.40. The Morgan fingerprint density at radius 1 is 1.17 bits per heavy atom. The van der Waals surface area contributed by atoms with Crippen molar-refractivity contribution in [2.24, 2.45) is 5.41 Å². The summed E-state index contributed by atoms with van der Waals surface area (Å²) in [5.74, 6) is 0.353. The molecule has 3 aliphatic rings. The molecular weight excluding hydrogens is 264 g/mol. The van der Waals surface area contributed by atoms with Crippen LogP contribution in [-0.2, 0) is 9.59 Å². The second kappa shape index (κ2) is 4.59. The van der Waals surface area contributed by atoms with E-state index in [1.807, 2.05) is 12.2 Å². The number of ketones is 2. The molecule has 0 aromatic carbocycles. The summed E-state index contributed by atoms with van der Waals surface area (Å²) >= 11 is 0. The van der Waals surface area contributed by atoms with E-state index in [0.29, 0.717) is 12.8 Å². The first-order chi connectivity index (χ1) is 8.68. The van der Waals surface area contributed by atoms with Crippen LogP contribution in [0.3, 0.4) is 0 Å². The summed E-state index contributed by atoms with van der Waals surface area (Å²) in [5.41, 5.74) is 0.889. The molecule has 92 valence electrons. The highest BCUT2D eigenvalue weighted by molar-refractivity contribution is 8.78. The predicted octanol–water partition coefficient (Wildman–Crippen LogP) is 3.23. The van der Waals surface area contributed by atoms with Gasteiger partial charge in [0.2, 0.25) is 0 Å². The average Bonchev–Trinajstić information content (AvgIpc) is 2.90. The lowest BCUT2D eigenvalue weighted by Crippen LogP contribution is -2.28. The van der Waals surface area contributed by atoms with E-state index in [1.54, 1.807) is 33.7 Å². The van der Waals surface area contributed by atoms with Crippen molar-refractivity contribution in [1.82, 2.24) is 0 Å². The van der Waals surface area contributed by atoms with E-state index in [1.165, 1.54) is 0 Å². The van der Waals surface area contributed by atoms with Crippen molar-refractivity contribution < 1.29 is 9.59 Å². The van der Waals surface area contributed by atoms with Gasteiger partial charge in [0.05, 0.1) is 0 Å². The zero-order valence-electron chi connectivity index (χ0n) is 9.67. The molecule has 0 fully saturated rings. The van der Waals surface area contributed by atoms with Crippen LogP contribution >= 0.6 is 21.6 Å². The van der Waals surface area contributed by atoms with Gasteiger partial charge in [0.25, 0.3) is 0 Å². The third-order valence-electron chi connectivity index (χ3n) is 3.41. The topological polar surface area (TPSA) is 34.1 Å². The summed E-state index contributed by atoms with van der Waals surface area (Å²) < 4.78 is 0. The molecule has 1 heterocycles. The van der Waals surface area contributed by atoms with Gasteiger partial charge in [0.15, 0.2) is 11.6 Å². The highest BCUT2D eigenvalue weighted by atomic mass is 33.1. The Balaban J connectivity index is 1.89. The number of allylic oxidation sites excluding steroid dienone is 6. The van der Waals surface area contributed by atoms with Crippen LogP contribution in [-0.4, -0.2) is 16.8 Å². The number of hydrogen-bond donors (Lipinski definition) is 0. The minimum Gasteiger partial charge on any atom is -0.295 e. The predicted molar refractivity (Wildman–Crippen MR) is 76.2 cm³/mol. The maximum atomic E-state index is 11.5. The maximum absolute atomic E-state index is 11.5. The average molecular weight is 276 g/mol. The van der Waals surface area contributed by atoms with E-state index in [-0.39, 0.29) is 22.2 Å². The van der Waals surface area contributed by atoms with Gasteiger partial charge in [0, 0.05) is 23.5 Å². The van der Waals surface area contributed by atoms with Gasteiger partial charge < -0.3 is 0 Å². The second-order valence-corrected chi connectivity index (χ2v) is 7.04. The lowest BCUT2D eigenvalue weighted by atomic mass is 9.82. The third kappa shape index (κ3) is 2.15. The summed E-state index contributed by atoms with van der Waals surface area (Å²) in [4.78, 5) is 22.8. The van der Waals surface area contributed by atoms with Crippen molar-refractivity contribution in [2.45, 2.75) is 18.1 Å². The highest BCUT2D eigenvalue weighted by Crippen LogP contribution is 2.51. The zero-order chi connectivity index (χ0) is 12.6. The quantitative estimate of drug-likeness (QED) is 0.689. The molecule has 0 aromatic rings. The summed E-state index contributed by atoms with van der Waals surface area (Å²) in [7, 11) is 3.44. The summed E-state index contributed by atoms with van der Waals surface area (Å²) in [6, 6.07) is 0. The first kappa shape index (κ1) is 12.1. The van der Waals surface area contributed by atoms with Crippen LogP contribution < -0.4 is 0 Å². The molecule has 2 nitrogen and oxygen atoms in total. The van der Waals surface area contributed by atoms with E-state index >= 15 is 0 Å². The Bertz CT molecular complexity index is 528. The molecule has 0 radical (unpaired) electrons. The monoisotopic (exact) mass is 276 g/mol. The van der Waals surface area contributed by atoms with Crippen molar-refractivity contribution in [3.8, 4) is 0 Å². The lowest BCUT2D eigenvalue weighted by molar-refractivity contribution is -0.115. The molecule has 0 unspecified atom stereocenters. The molecule has 0 saturated heterocycles.